The van der Waals surface area contributed by atoms with E-state index in [2.05, 4.69) is 10.1 Å². The van der Waals surface area contributed by atoms with Crippen LogP contribution in [0, 0.1) is 0 Å². The Morgan fingerprint density at radius 3 is 2.52 bits per heavy atom. The Morgan fingerprint density at radius 1 is 1.22 bits per heavy atom. The molecule has 1 unspecified atom stereocenters. The van der Waals surface area contributed by atoms with E-state index in [1.807, 2.05) is 12.1 Å². The van der Waals surface area contributed by atoms with Gasteiger partial charge in [-0.2, -0.15) is 0 Å². The van der Waals surface area contributed by atoms with Gasteiger partial charge in [0.05, 0.1) is 5.56 Å². The van der Waals surface area contributed by atoms with Crippen molar-refractivity contribution in [2.45, 2.75) is 12.4 Å². The summed E-state index contributed by atoms with van der Waals surface area (Å²) in [7, 11) is 0. The van der Waals surface area contributed by atoms with Crippen LogP contribution >= 0.6 is 11.6 Å². The summed E-state index contributed by atoms with van der Waals surface area (Å²) in [5.74, 6) is -0.536. The van der Waals surface area contributed by atoms with Gasteiger partial charge in [-0.1, -0.05) is 29.8 Å². The molecule has 1 saturated heterocycles. The maximum atomic E-state index is 12.3. The Morgan fingerprint density at radius 2 is 1.96 bits per heavy atom. The molecule has 1 aliphatic rings. The van der Waals surface area contributed by atoms with E-state index >= 15 is 0 Å². The Hall–Kier alpha value is -2.05. The molecule has 23 heavy (non-hydrogen) atoms. The van der Waals surface area contributed by atoms with Crippen molar-refractivity contribution in [2.75, 3.05) is 6.54 Å². The van der Waals surface area contributed by atoms with Crippen LogP contribution in [0.1, 0.15) is 22.0 Å². The first kappa shape index (κ1) is 15.8. The lowest BCUT2D eigenvalue weighted by molar-refractivity contribution is -0.274. The SMILES string of the molecule is O=Cc1cc(-c2ccc(C3CN3)cc2Cl)ccc1OC(F)(F)F. The fourth-order valence-electron chi connectivity index (χ4n) is 2.30. The number of rotatable bonds is 4. The van der Waals surface area contributed by atoms with Gasteiger partial charge < -0.3 is 10.1 Å². The minimum atomic E-state index is -4.85. The molecule has 1 heterocycles. The minimum Gasteiger partial charge on any atom is -0.405 e. The molecule has 1 atom stereocenters. The van der Waals surface area contributed by atoms with Gasteiger partial charge in [-0.15, -0.1) is 13.2 Å². The second-order valence-electron chi connectivity index (χ2n) is 5.12. The van der Waals surface area contributed by atoms with Crippen molar-refractivity contribution >= 4 is 17.9 Å². The molecule has 0 aromatic heterocycles. The van der Waals surface area contributed by atoms with Crippen LogP contribution in [0.4, 0.5) is 13.2 Å². The second-order valence-corrected chi connectivity index (χ2v) is 5.53. The first-order chi connectivity index (χ1) is 10.9. The van der Waals surface area contributed by atoms with Gasteiger partial charge >= 0.3 is 6.36 Å². The summed E-state index contributed by atoms with van der Waals surface area (Å²) in [6.07, 6.45) is -4.53. The van der Waals surface area contributed by atoms with E-state index in [0.717, 1.165) is 18.2 Å². The van der Waals surface area contributed by atoms with Gasteiger partial charge in [0.2, 0.25) is 0 Å². The number of carbonyl (C=O) groups excluding carboxylic acids is 1. The molecular weight excluding hydrogens is 331 g/mol. The molecular formula is C16H11ClF3NO2. The third-order valence-electron chi connectivity index (χ3n) is 3.48. The number of carbonyl (C=O) groups is 1. The van der Waals surface area contributed by atoms with Crippen molar-refractivity contribution in [2.24, 2.45) is 0 Å². The van der Waals surface area contributed by atoms with Gasteiger partial charge in [-0.05, 0) is 29.3 Å². The van der Waals surface area contributed by atoms with Crippen LogP contribution in [-0.2, 0) is 0 Å². The van der Waals surface area contributed by atoms with Gasteiger partial charge in [0.25, 0.3) is 0 Å². The topological polar surface area (TPSA) is 48.2 Å². The summed E-state index contributed by atoms with van der Waals surface area (Å²) in [4.78, 5) is 11.0. The summed E-state index contributed by atoms with van der Waals surface area (Å²) in [6, 6.07) is 9.66. The van der Waals surface area contributed by atoms with E-state index in [4.69, 9.17) is 11.6 Å². The molecule has 0 saturated carbocycles. The zero-order valence-corrected chi connectivity index (χ0v) is 12.4. The first-order valence-electron chi connectivity index (χ1n) is 6.75. The fourth-order valence-corrected chi connectivity index (χ4v) is 2.60. The van der Waals surface area contributed by atoms with E-state index in [9.17, 15) is 18.0 Å². The van der Waals surface area contributed by atoms with Crippen LogP contribution in [0.3, 0.4) is 0 Å². The molecule has 0 aliphatic carbocycles. The molecule has 7 heteroatoms. The zero-order chi connectivity index (χ0) is 16.6. The molecule has 120 valence electrons. The van der Waals surface area contributed by atoms with E-state index in [1.54, 1.807) is 6.07 Å². The number of halogens is 4. The standard InChI is InChI=1S/C16H11ClF3NO2/c17-13-6-10(14-7-21-14)1-3-12(13)9-2-4-15(11(5-9)8-22)23-16(18,19)20/h1-6,8,14,21H,7H2. The minimum absolute atomic E-state index is 0.191. The quantitative estimate of drug-likeness (QED) is 0.664. The Balaban J connectivity index is 1.95. The maximum absolute atomic E-state index is 12.3. The summed E-state index contributed by atoms with van der Waals surface area (Å²) in [5, 5.41) is 3.63. The molecule has 3 nitrogen and oxygen atoms in total. The van der Waals surface area contributed by atoms with Crippen molar-refractivity contribution in [1.82, 2.24) is 5.32 Å². The van der Waals surface area contributed by atoms with Crippen LogP contribution in [0.25, 0.3) is 11.1 Å². The highest BCUT2D eigenvalue weighted by atomic mass is 35.5. The van der Waals surface area contributed by atoms with Crippen LogP contribution in [0.2, 0.25) is 5.02 Å². The predicted molar refractivity (Wildman–Crippen MR) is 79.7 cm³/mol. The lowest BCUT2D eigenvalue weighted by atomic mass is 10.0. The molecule has 1 fully saturated rings. The molecule has 0 amide bonds. The van der Waals surface area contributed by atoms with E-state index in [1.165, 1.54) is 12.1 Å². The molecule has 0 spiro atoms. The highest BCUT2D eigenvalue weighted by Gasteiger charge is 2.32. The van der Waals surface area contributed by atoms with E-state index < -0.39 is 12.1 Å². The Labute approximate surface area is 135 Å². The van der Waals surface area contributed by atoms with Crippen molar-refractivity contribution in [3.8, 4) is 16.9 Å². The molecule has 0 radical (unpaired) electrons. The van der Waals surface area contributed by atoms with Gasteiger partial charge in [-0.3, -0.25) is 4.79 Å². The number of hydrogen-bond donors (Lipinski definition) is 1. The van der Waals surface area contributed by atoms with Crippen LogP contribution in [0.5, 0.6) is 5.75 Å². The average Bonchev–Trinajstić information content (AvgIpc) is 3.31. The smallest absolute Gasteiger partial charge is 0.405 e. The number of hydrogen-bond acceptors (Lipinski definition) is 3. The predicted octanol–water partition coefficient (Wildman–Crippen LogP) is 4.36. The fraction of sp³-hybridized carbons (Fsp3) is 0.188. The summed E-state index contributed by atoms with van der Waals surface area (Å²) >= 11 is 6.25. The lowest BCUT2D eigenvalue weighted by Crippen LogP contribution is -2.18. The number of alkyl halides is 3. The molecule has 3 rings (SSSR count). The monoisotopic (exact) mass is 341 g/mol. The third-order valence-corrected chi connectivity index (χ3v) is 3.79. The highest BCUT2D eigenvalue weighted by molar-refractivity contribution is 6.33. The van der Waals surface area contributed by atoms with Gasteiger partial charge in [0.1, 0.15) is 5.75 Å². The van der Waals surface area contributed by atoms with Gasteiger partial charge in [0.15, 0.2) is 6.29 Å². The highest BCUT2D eigenvalue weighted by Crippen LogP contribution is 2.35. The number of aldehydes is 1. The van der Waals surface area contributed by atoms with Gasteiger partial charge in [0, 0.05) is 23.2 Å². The third kappa shape index (κ3) is 3.65. The van der Waals surface area contributed by atoms with Crippen molar-refractivity contribution in [3.05, 3.63) is 52.5 Å². The number of ether oxygens (including phenoxy) is 1. The molecule has 2 aromatic rings. The normalized spacial score (nSPS) is 17.0. The second kappa shape index (κ2) is 5.86. The molecule has 1 N–H and O–H groups in total. The number of nitrogens with one attached hydrogen (secondary N) is 1. The van der Waals surface area contributed by atoms with Crippen molar-refractivity contribution in [3.63, 3.8) is 0 Å². The first-order valence-corrected chi connectivity index (χ1v) is 7.13. The number of benzene rings is 2. The van der Waals surface area contributed by atoms with E-state index in [0.29, 0.717) is 28.5 Å². The van der Waals surface area contributed by atoms with Crippen LogP contribution in [0.15, 0.2) is 36.4 Å². The zero-order valence-electron chi connectivity index (χ0n) is 11.7. The molecule has 1 aliphatic heterocycles. The van der Waals surface area contributed by atoms with Gasteiger partial charge in [-0.25, -0.2) is 0 Å². The van der Waals surface area contributed by atoms with Crippen LogP contribution in [-0.4, -0.2) is 19.2 Å². The van der Waals surface area contributed by atoms with Crippen LogP contribution < -0.4 is 10.1 Å². The summed E-state index contributed by atoms with van der Waals surface area (Å²) in [6.45, 7) is 0.897. The molecule has 0 bridgehead atoms. The lowest BCUT2D eigenvalue weighted by Gasteiger charge is -2.13. The Kier molecular flexibility index (Phi) is 4.04. The van der Waals surface area contributed by atoms with Crippen molar-refractivity contribution < 1.29 is 22.7 Å². The average molecular weight is 342 g/mol. The largest absolute Gasteiger partial charge is 0.573 e. The summed E-state index contributed by atoms with van der Waals surface area (Å²) < 4.78 is 40.7. The van der Waals surface area contributed by atoms with E-state index in [-0.39, 0.29) is 5.56 Å². The summed E-state index contributed by atoms with van der Waals surface area (Å²) in [5.41, 5.74) is 2.04. The maximum Gasteiger partial charge on any atom is 0.573 e. The Bertz CT molecular complexity index is 757. The van der Waals surface area contributed by atoms with Crippen molar-refractivity contribution in [1.29, 1.82) is 0 Å². The molecule has 2 aromatic carbocycles.